The summed E-state index contributed by atoms with van der Waals surface area (Å²) < 4.78 is 0. The van der Waals surface area contributed by atoms with Gasteiger partial charge in [-0.15, -0.1) is 0 Å². The third kappa shape index (κ3) is 3.58. The SMILES string of the molecule is CC1CN(C(=O)N[C@H](C(=O)O)[C@@H](C)O)CCC1O. The van der Waals surface area contributed by atoms with Crippen molar-refractivity contribution in [2.45, 2.75) is 38.5 Å². The van der Waals surface area contributed by atoms with Crippen LogP contribution in [-0.2, 0) is 4.79 Å². The van der Waals surface area contributed by atoms with Crippen LogP contribution in [0.15, 0.2) is 0 Å². The predicted molar refractivity (Wildman–Crippen MR) is 63.0 cm³/mol. The van der Waals surface area contributed by atoms with Gasteiger partial charge in [0.05, 0.1) is 12.2 Å². The molecule has 4 atom stereocenters. The molecule has 1 fully saturated rings. The molecule has 7 heteroatoms. The van der Waals surface area contributed by atoms with E-state index in [1.165, 1.54) is 11.8 Å². The molecule has 104 valence electrons. The molecule has 2 unspecified atom stereocenters. The summed E-state index contributed by atoms with van der Waals surface area (Å²) in [4.78, 5) is 24.1. The first kappa shape index (κ1) is 14.7. The standard InChI is InChI=1S/C11H20N2O5/c1-6-5-13(4-3-8(6)15)11(18)12-9(7(2)14)10(16)17/h6-9,14-15H,3-5H2,1-2H3,(H,12,18)(H,16,17)/t6?,7-,8?,9+/m1/s1. The number of urea groups is 1. The number of hydrogen-bond acceptors (Lipinski definition) is 4. The maximum Gasteiger partial charge on any atom is 0.328 e. The molecule has 0 aromatic heterocycles. The van der Waals surface area contributed by atoms with E-state index in [4.69, 9.17) is 5.11 Å². The molecule has 18 heavy (non-hydrogen) atoms. The van der Waals surface area contributed by atoms with Crippen molar-refractivity contribution in [3.63, 3.8) is 0 Å². The molecular weight excluding hydrogens is 240 g/mol. The van der Waals surface area contributed by atoms with Crippen LogP contribution >= 0.6 is 0 Å². The fourth-order valence-electron chi connectivity index (χ4n) is 1.93. The van der Waals surface area contributed by atoms with E-state index >= 15 is 0 Å². The summed E-state index contributed by atoms with van der Waals surface area (Å²) in [5, 5.41) is 29.9. The van der Waals surface area contributed by atoms with Gasteiger partial charge >= 0.3 is 12.0 Å². The number of nitrogens with zero attached hydrogens (tertiary/aromatic N) is 1. The fraction of sp³-hybridized carbons (Fsp3) is 0.818. The lowest BCUT2D eigenvalue weighted by molar-refractivity contribution is -0.141. The Balaban J connectivity index is 2.57. The molecule has 0 radical (unpaired) electrons. The summed E-state index contributed by atoms with van der Waals surface area (Å²) in [6.07, 6.45) is -1.12. The van der Waals surface area contributed by atoms with Gasteiger partial charge in [0, 0.05) is 13.1 Å². The Kier molecular flexibility index (Phi) is 4.92. The number of carbonyl (C=O) groups excluding carboxylic acids is 1. The Hall–Kier alpha value is -1.34. The van der Waals surface area contributed by atoms with Crippen molar-refractivity contribution in [2.75, 3.05) is 13.1 Å². The molecule has 0 spiro atoms. The third-order valence-corrected chi connectivity index (χ3v) is 3.17. The smallest absolute Gasteiger partial charge is 0.328 e. The average Bonchev–Trinajstić information content (AvgIpc) is 2.28. The Bertz CT molecular complexity index is 321. The predicted octanol–water partition coefficient (Wildman–Crippen LogP) is -0.767. The molecule has 0 aliphatic carbocycles. The van der Waals surface area contributed by atoms with Gasteiger partial charge in [-0.05, 0) is 19.3 Å². The molecule has 1 aliphatic rings. The first-order chi connectivity index (χ1) is 8.32. The number of aliphatic hydroxyl groups is 2. The van der Waals surface area contributed by atoms with Crippen LogP contribution in [-0.4, -0.2) is 63.6 Å². The van der Waals surface area contributed by atoms with Crippen LogP contribution in [0.25, 0.3) is 0 Å². The lowest BCUT2D eigenvalue weighted by atomic mass is 9.97. The van der Waals surface area contributed by atoms with Crippen molar-refractivity contribution < 1.29 is 24.9 Å². The maximum absolute atomic E-state index is 11.8. The van der Waals surface area contributed by atoms with Crippen LogP contribution in [0.2, 0.25) is 0 Å². The molecule has 1 heterocycles. The van der Waals surface area contributed by atoms with E-state index in [-0.39, 0.29) is 5.92 Å². The number of carboxylic acids is 1. The van der Waals surface area contributed by atoms with Crippen molar-refractivity contribution in [1.29, 1.82) is 0 Å². The third-order valence-electron chi connectivity index (χ3n) is 3.17. The van der Waals surface area contributed by atoms with Crippen molar-refractivity contribution in [3.8, 4) is 0 Å². The maximum atomic E-state index is 11.8. The van der Waals surface area contributed by atoms with E-state index in [0.717, 1.165) is 0 Å². The lowest BCUT2D eigenvalue weighted by Crippen LogP contribution is -2.55. The Morgan fingerprint density at radius 2 is 2.06 bits per heavy atom. The van der Waals surface area contributed by atoms with Crippen LogP contribution in [0.1, 0.15) is 20.3 Å². The lowest BCUT2D eigenvalue weighted by Gasteiger charge is -2.35. The van der Waals surface area contributed by atoms with Crippen LogP contribution in [0.4, 0.5) is 4.79 Å². The van der Waals surface area contributed by atoms with Crippen molar-refractivity contribution in [3.05, 3.63) is 0 Å². The van der Waals surface area contributed by atoms with E-state index in [0.29, 0.717) is 19.5 Å². The van der Waals surface area contributed by atoms with Gasteiger partial charge in [-0.2, -0.15) is 0 Å². The van der Waals surface area contributed by atoms with Gasteiger partial charge in [0.25, 0.3) is 0 Å². The minimum atomic E-state index is -1.32. The van der Waals surface area contributed by atoms with Gasteiger partial charge in [-0.1, -0.05) is 6.92 Å². The molecule has 2 amide bonds. The molecule has 0 aromatic carbocycles. The van der Waals surface area contributed by atoms with Crippen LogP contribution in [0.5, 0.6) is 0 Å². The zero-order valence-corrected chi connectivity index (χ0v) is 10.5. The van der Waals surface area contributed by atoms with Gasteiger partial charge in [0.2, 0.25) is 0 Å². The van der Waals surface area contributed by atoms with Gasteiger partial charge in [0.1, 0.15) is 0 Å². The van der Waals surface area contributed by atoms with Crippen molar-refractivity contribution >= 4 is 12.0 Å². The number of likely N-dealkylation sites (tertiary alicyclic amines) is 1. The summed E-state index contributed by atoms with van der Waals surface area (Å²) in [6.45, 7) is 3.89. The number of carbonyl (C=O) groups is 2. The zero-order chi connectivity index (χ0) is 13.9. The second-order valence-corrected chi connectivity index (χ2v) is 4.79. The van der Waals surface area contributed by atoms with Crippen molar-refractivity contribution in [1.82, 2.24) is 10.2 Å². The average molecular weight is 260 g/mol. The van der Waals surface area contributed by atoms with Gasteiger partial charge in [-0.3, -0.25) is 0 Å². The first-order valence-electron chi connectivity index (χ1n) is 5.97. The van der Waals surface area contributed by atoms with E-state index < -0.39 is 30.3 Å². The molecule has 7 nitrogen and oxygen atoms in total. The van der Waals surface area contributed by atoms with E-state index in [1.54, 1.807) is 0 Å². The number of piperidine rings is 1. The van der Waals surface area contributed by atoms with Crippen LogP contribution in [0.3, 0.4) is 0 Å². The Labute approximate surface area is 105 Å². The van der Waals surface area contributed by atoms with Crippen molar-refractivity contribution in [2.24, 2.45) is 5.92 Å². The van der Waals surface area contributed by atoms with Gasteiger partial charge in [-0.25, -0.2) is 9.59 Å². The number of hydrogen-bond donors (Lipinski definition) is 4. The minimum absolute atomic E-state index is 0.0423. The molecule has 4 N–H and O–H groups in total. The van der Waals surface area contributed by atoms with Gasteiger partial charge in [0.15, 0.2) is 6.04 Å². The summed E-state index contributed by atoms with van der Waals surface area (Å²) in [6, 6.07) is -1.85. The molecule has 0 saturated carbocycles. The first-order valence-corrected chi connectivity index (χ1v) is 5.97. The monoisotopic (exact) mass is 260 g/mol. The minimum Gasteiger partial charge on any atom is -0.480 e. The largest absolute Gasteiger partial charge is 0.480 e. The molecule has 0 bridgehead atoms. The zero-order valence-electron chi connectivity index (χ0n) is 10.5. The highest BCUT2D eigenvalue weighted by molar-refractivity contribution is 5.83. The molecular formula is C11H20N2O5. The second-order valence-electron chi connectivity index (χ2n) is 4.79. The van der Waals surface area contributed by atoms with E-state index in [9.17, 15) is 19.8 Å². The van der Waals surface area contributed by atoms with Crippen LogP contribution < -0.4 is 5.32 Å². The second kappa shape index (κ2) is 6.01. The summed E-state index contributed by atoms with van der Waals surface area (Å²) >= 11 is 0. The Morgan fingerprint density at radius 3 is 2.50 bits per heavy atom. The normalized spacial score (nSPS) is 27.4. The highest BCUT2D eigenvalue weighted by atomic mass is 16.4. The van der Waals surface area contributed by atoms with E-state index in [1.807, 2.05) is 6.92 Å². The number of aliphatic carboxylic acids is 1. The summed E-state index contributed by atoms with van der Waals surface area (Å²) in [7, 11) is 0. The van der Waals surface area contributed by atoms with Crippen LogP contribution in [0, 0.1) is 5.92 Å². The number of aliphatic hydroxyl groups excluding tert-OH is 2. The highest BCUT2D eigenvalue weighted by Gasteiger charge is 2.31. The number of nitrogens with one attached hydrogen (secondary N) is 1. The topological polar surface area (TPSA) is 110 Å². The molecule has 1 aliphatic heterocycles. The number of rotatable bonds is 3. The van der Waals surface area contributed by atoms with Gasteiger partial charge < -0.3 is 25.5 Å². The molecule has 0 aromatic rings. The summed E-state index contributed by atoms with van der Waals surface area (Å²) in [5.41, 5.74) is 0. The summed E-state index contributed by atoms with van der Waals surface area (Å²) in [5.74, 6) is -1.32. The number of carboxylic acid groups (broad SMARTS) is 1. The number of amides is 2. The molecule has 1 saturated heterocycles. The quantitative estimate of drug-likeness (QED) is 0.533. The highest BCUT2D eigenvalue weighted by Crippen LogP contribution is 2.16. The van der Waals surface area contributed by atoms with E-state index in [2.05, 4.69) is 5.32 Å². The Morgan fingerprint density at radius 1 is 1.44 bits per heavy atom. The molecule has 1 rings (SSSR count). The fourth-order valence-corrected chi connectivity index (χ4v) is 1.93.